The molecule has 0 aliphatic carbocycles. The molecule has 8 aromatic rings. The fraction of sp³-hybridized carbons (Fsp3) is 0. The van der Waals surface area contributed by atoms with Crippen LogP contribution in [0, 0.1) is 0 Å². The summed E-state index contributed by atoms with van der Waals surface area (Å²) in [6.45, 7) is 0. The van der Waals surface area contributed by atoms with Crippen LogP contribution in [-0.4, -0.2) is 14.5 Å². The lowest BCUT2D eigenvalue weighted by Crippen LogP contribution is -1.98. The van der Waals surface area contributed by atoms with Crippen molar-refractivity contribution in [2.24, 2.45) is 0 Å². The minimum atomic E-state index is 0.879. The van der Waals surface area contributed by atoms with Crippen LogP contribution >= 0.6 is 0 Å². The molecular weight excluding hydrogens is 418 g/mol. The predicted molar refractivity (Wildman–Crippen MR) is 139 cm³/mol. The van der Waals surface area contributed by atoms with E-state index in [1.165, 1.54) is 5.39 Å². The van der Waals surface area contributed by atoms with E-state index in [0.29, 0.717) is 0 Å². The van der Waals surface area contributed by atoms with Gasteiger partial charge in [0.2, 0.25) is 0 Å². The van der Waals surface area contributed by atoms with Crippen molar-refractivity contribution in [3.63, 3.8) is 0 Å². The van der Waals surface area contributed by atoms with Gasteiger partial charge in [0.25, 0.3) is 0 Å². The lowest BCUT2D eigenvalue weighted by atomic mass is 10.1. The van der Waals surface area contributed by atoms with Crippen molar-refractivity contribution in [1.29, 1.82) is 0 Å². The van der Waals surface area contributed by atoms with Crippen molar-refractivity contribution < 1.29 is 4.42 Å². The number of aromatic nitrogens is 3. The number of nitrogens with zero attached hydrogens (tertiary/aromatic N) is 3. The minimum absolute atomic E-state index is 0.879. The molecule has 34 heavy (non-hydrogen) atoms. The molecule has 4 aromatic heterocycles. The Morgan fingerprint density at radius 1 is 0.559 bits per heavy atom. The molecule has 4 nitrogen and oxygen atoms in total. The molecule has 0 saturated heterocycles. The Kier molecular flexibility index (Phi) is 3.36. The normalized spacial score (nSPS) is 12.1. The molecule has 0 aliphatic rings. The van der Waals surface area contributed by atoms with Crippen LogP contribution in [-0.2, 0) is 0 Å². The smallest absolute Gasteiger partial charge is 0.138 e. The van der Waals surface area contributed by atoms with Crippen molar-refractivity contribution in [1.82, 2.24) is 14.5 Å². The lowest BCUT2D eigenvalue weighted by Gasteiger charge is -2.09. The monoisotopic (exact) mass is 435 g/mol. The Labute approximate surface area is 193 Å². The Morgan fingerprint density at radius 2 is 1.35 bits per heavy atom. The number of rotatable bonds is 1. The van der Waals surface area contributed by atoms with Crippen LogP contribution in [0.4, 0.5) is 0 Å². The molecule has 0 saturated carbocycles. The van der Waals surface area contributed by atoms with E-state index in [1.54, 1.807) is 0 Å². The van der Waals surface area contributed by atoms with Crippen LogP contribution in [0.25, 0.3) is 71.4 Å². The molecular formula is C30H17N3O. The topological polar surface area (TPSA) is 43.9 Å². The average molecular weight is 435 g/mol. The Balaban J connectivity index is 1.53. The highest BCUT2D eigenvalue weighted by Gasteiger charge is 2.17. The van der Waals surface area contributed by atoms with E-state index in [-0.39, 0.29) is 0 Å². The number of furan rings is 1. The molecule has 0 aliphatic heterocycles. The zero-order valence-electron chi connectivity index (χ0n) is 18.1. The van der Waals surface area contributed by atoms with Crippen LogP contribution in [0.2, 0.25) is 0 Å². The first-order chi connectivity index (χ1) is 16.8. The van der Waals surface area contributed by atoms with Gasteiger partial charge in [-0.1, -0.05) is 54.6 Å². The summed E-state index contributed by atoms with van der Waals surface area (Å²) in [6, 6.07) is 33.6. The summed E-state index contributed by atoms with van der Waals surface area (Å²) in [6.07, 6.45) is 1.83. The first-order valence-electron chi connectivity index (χ1n) is 11.3. The lowest BCUT2D eigenvalue weighted by molar-refractivity contribution is 0.669. The number of para-hydroxylation sites is 2. The SMILES string of the molecule is c1cnc2c(c1)ccc1ccc(-n3c4ccccc4c4cc5oc6ccccc6c5cc43)nc12. The standard InChI is InChI=1S/C30H17N3O/c1-3-9-24-20(7-1)22-17-27-23(21-8-2-4-10-26(21)34-27)16-25(22)33(24)28-14-13-19-12-11-18-6-5-15-31-29(18)30(19)32-28/h1-17H. The maximum absolute atomic E-state index is 6.20. The first-order valence-corrected chi connectivity index (χ1v) is 11.3. The zero-order valence-corrected chi connectivity index (χ0v) is 18.1. The molecule has 4 aromatic carbocycles. The third kappa shape index (κ3) is 2.32. The van der Waals surface area contributed by atoms with Crippen molar-refractivity contribution in [2.45, 2.75) is 0 Å². The summed E-state index contributed by atoms with van der Waals surface area (Å²) in [4.78, 5) is 9.79. The summed E-state index contributed by atoms with van der Waals surface area (Å²) in [5, 5.41) is 6.74. The highest BCUT2D eigenvalue weighted by atomic mass is 16.3. The van der Waals surface area contributed by atoms with Gasteiger partial charge in [-0.05, 0) is 42.5 Å². The largest absolute Gasteiger partial charge is 0.456 e. The van der Waals surface area contributed by atoms with E-state index in [0.717, 1.165) is 66.0 Å². The molecule has 0 atom stereocenters. The number of pyridine rings is 2. The maximum atomic E-state index is 6.20. The second-order valence-corrected chi connectivity index (χ2v) is 8.70. The van der Waals surface area contributed by atoms with Gasteiger partial charge in [-0.15, -0.1) is 0 Å². The summed E-state index contributed by atoms with van der Waals surface area (Å²) in [7, 11) is 0. The minimum Gasteiger partial charge on any atom is -0.456 e. The molecule has 0 unspecified atom stereocenters. The Morgan fingerprint density at radius 3 is 2.29 bits per heavy atom. The van der Waals surface area contributed by atoms with Gasteiger partial charge in [0.1, 0.15) is 17.0 Å². The van der Waals surface area contributed by atoms with Gasteiger partial charge < -0.3 is 4.42 Å². The van der Waals surface area contributed by atoms with E-state index < -0.39 is 0 Å². The number of fused-ring (bicyclic) bond motifs is 9. The molecule has 0 N–H and O–H groups in total. The molecule has 0 bridgehead atoms. The van der Waals surface area contributed by atoms with Crippen molar-refractivity contribution >= 4 is 65.6 Å². The number of hydrogen-bond donors (Lipinski definition) is 0. The fourth-order valence-electron chi connectivity index (χ4n) is 5.27. The van der Waals surface area contributed by atoms with Gasteiger partial charge in [-0.2, -0.15) is 0 Å². The van der Waals surface area contributed by atoms with Crippen LogP contribution in [0.5, 0.6) is 0 Å². The summed E-state index contributed by atoms with van der Waals surface area (Å²) >= 11 is 0. The highest BCUT2D eigenvalue weighted by Crippen LogP contribution is 2.38. The van der Waals surface area contributed by atoms with Gasteiger partial charge >= 0.3 is 0 Å². The fourth-order valence-corrected chi connectivity index (χ4v) is 5.27. The molecule has 0 fully saturated rings. The van der Waals surface area contributed by atoms with Crippen molar-refractivity contribution in [3.05, 3.63) is 103 Å². The number of hydrogen-bond acceptors (Lipinski definition) is 3. The molecule has 0 amide bonds. The number of benzene rings is 4. The van der Waals surface area contributed by atoms with Crippen LogP contribution < -0.4 is 0 Å². The van der Waals surface area contributed by atoms with Crippen molar-refractivity contribution in [3.8, 4) is 5.82 Å². The van der Waals surface area contributed by atoms with Crippen LogP contribution in [0.15, 0.2) is 108 Å². The van der Waals surface area contributed by atoms with E-state index in [4.69, 9.17) is 9.40 Å². The van der Waals surface area contributed by atoms with E-state index in [9.17, 15) is 0 Å². The van der Waals surface area contributed by atoms with Gasteiger partial charge in [0.15, 0.2) is 0 Å². The third-order valence-electron chi connectivity index (χ3n) is 6.82. The second-order valence-electron chi connectivity index (χ2n) is 8.70. The molecule has 158 valence electrons. The molecule has 8 rings (SSSR count). The van der Waals surface area contributed by atoms with Gasteiger partial charge in [0.05, 0.1) is 22.1 Å². The Hall–Kier alpha value is -4.70. The summed E-state index contributed by atoms with van der Waals surface area (Å²) in [5.74, 6) is 0.879. The summed E-state index contributed by atoms with van der Waals surface area (Å²) < 4.78 is 8.45. The van der Waals surface area contributed by atoms with Gasteiger partial charge in [-0.3, -0.25) is 9.55 Å². The Bertz CT molecular complexity index is 2080. The quantitative estimate of drug-likeness (QED) is 0.247. The molecule has 0 radical (unpaired) electrons. The second kappa shape index (κ2) is 6.42. The van der Waals surface area contributed by atoms with Gasteiger partial charge in [0, 0.05) is 38.5 Å². The molecule has 0 spiro atoms. The maximum Gasteiger partial charge on any atom is 0.138 e. The highest BCUT2D eigenvalue weighted by molar-refractivity contribution is 6.17. The molecule has 4 heteroatoms. The van der Waals surface area contributed by atoms with Gasteiger partial charge in [-0.25, -0.2) is 4.98 Å². The summed E-state index contributed by atoms with van der Waals surface area (Å²) in [5.41, 5.74) is 5.87. The zero-order chi connectivity index (χ0) is 22.2. The average Bonchev–Trinajstić information content (AvgIpc) is 3.42. The van der Waals surface area contributed by atoms with Crippen LogP contribution in [0.1, 0.15) is 0 Å². The predicted octanol–water partition coefficient (Wildman–Crippen LogP) is 7.78. The molecule has 4 heterocycles. The van der Waals surface area contributed by atoms with E-state index in [2.05, 4.69) is 88.4 Å². The first kappa shape index (κ1) is 17.8. The van der Waals surface area contributed by atoms with E-state index in [1.807, 2.05) is 24.4 Å². The third-order valence-corrected chi connectivity index (χ3v) is 6.82. The van der Waals surface area contributed by atoms with Crippen LogP contribution in [0.3, 0.4) is 0 Å². The van der Waals surface area contributed by atoms with E-state index >= 15 is 0 Å². The van der Waals surface area contributed by atoms with Crippen molar-refractivity contribution in [2.75, 3.05) is 0 Å².